The van der Waals surface area contributed by atoms with E-state index in [0.717, 1.165) is 0 Å². The van der Waals surface area contributed by atoms with Gasteiger partial charge in [0.15, 0.2) is 5.82 Å². The zero-order valence-electron chi connectivity index (χ0n) is 15.9. The van der Waals surface area contributed by atoms with Gasteiger partial charge in [-0.15, -0.1) is 0 Å². The smallest absolute Gasteiger partial charge is 0.274 e. The van der Waals surface area contributed by atoms with Crippen molar-refractivity contribution in [2.45, 2.75) is 20.8 Å². The van der Waals surface area contributed by atoms with E-state index in [9.17, 15) is 4.79 Å². The standard InChI is InChI=1S/C18H25N7O2/c1-18(2,3)11-21-17-20-5-4-13(24-17)16(26)23-14-10-19-12-22-15(14)25-6-8-27-9-7-25/h4-5,10,12H,6-9,11H2,1-3H3,(H,23,26)(H,20,21,24). The minimum atomic E-state index is -0.333. The van der Waals surface area contributed by atoms with Gasteiger partial charge in [0.05, 0.1) is 19.4 Å². The first-order valence-corrected chi connectivity index (χ1v) is 8.93. The van der Waals surface area contributed by atoms with Crippen molar-refractivity contribution in [2.24, 2.45) is 5.41 Å². The zero-order valence-corrected chi connectivity index (χ0v) is 15.9. The van der Waals surface area contributed by atoms with Gasteiger partial charge in [-0.3, -0.25) is 4.79 Å². The van der Waals surface area contributed by atoms with Crippen molar-refractivity contribution in [3.05, 3.63) is 30.5 Å². The molecule has 9 nitrogen and oxygen atoms in total. The van der Waals surface area contributed by atoms with E-state index in [1.54, 1.807) is 18.5 Å². The van der Waals surface area contributed by atoms with Crippen LogP contribution in [0.15, 0.2) is 24.8 Å². The third-order valence-corrected chi connectivity index (χ3v) is 3.92. The van der Waals surface area contributed by atoms with Gasteiger partial charge in [0, 0.05) is 25.8 Å². The Morgan fingerprint density at radius 2 is 2.04 bits per heavy atom. The average molecular weight is 371 g/mol. The van der Waals surface area contributed by atoms with E-state index >= 15 is 0 Å². The molecular weight excluding hydrogens is 346 g/mol. The highest BCUT2D eigenvalue weighted by atomic mass is 16.5. The first-order chi connectivity index (χ1) is 12.9. The SMILES string of the molecule is CC(C)(C)CNc1nccc(C(=O)Nc2cncnc2N2CCOCC2)n1. The van der Waals surface area contributed by atoms with Crippen molar-refractivity contribution in [3.63, 3.8) is 0 Å². The van der Waals surface area contributed by atoms with Crippen LogP contribution >= 0.6 is 0 Å². The number of aromatic nitrogens is 4. The van der Waals surface area contributed by atoms with Crippen LogP contribution in [0.3, 0.4) is 0 Å². The predicted molar refractivity (Wildman–Crippen MR) is 103 cm³/mol. The van der Waals surface area contributed by atoms with Gasteiger partial charge in [0.25, 0.3) is 5.91 Å². The molecular formula is C18H25N7O2. The normalized spacial score (nSPS) is 14.7. The van der Waals surface area contributed by atoms with Crippen LogP contribution in [0, 0.1) is 5.41 Å². The number of carbonyl (C=O) groups is 1. The molecule has 2 aromatic rings. The summed E-state index contributed by atoms with van der Waals surface area (Å²) in [5.74, 6) is 0.776. The van der Waals surface area contributed by atoms with Crippen molar-refractivity contribution in [3.8, 4) is 0 Å². The molecule has 9 heteroatoms. The summed E-state index contributed by atoms with van der Waals surface area (Å²) >= 11 is 0. The fourth-order valence-corrected chi connectivity index (χ4v) is 2.54. The maximum absolute atomic E-state index is 12.7. The molecule has 1 fully saturated rings. The number of anilines is 3. The summed E-state index contributed by atoms with van der Waals surface area (Å²) in [5, 5.41) is 6.02. The summed E-state index contributed by atoms with van der Waals surface area (Å²) in [4.78, 5) is 31.6. The Kier molecular flexibility index (Phi) is 5.80. The summed E-state index contributed by atoms with van der Waals surface area (Å²) in [6.07, 6.45) is 4.63. The number of ether oxygens (including phenoxy) is 1. The molecule has 1 amide bonds. The molecule has 1 aliphatic rings. The van der Waals surface area contributed by atoms with Crippen molar-refractivity contribution < 1.29 is 9.53 Å². The van der Waals surface area contributed by atoms with E-state index in [2.05, 4.69) is 56.2 Å². The second-order valence-corrected chi connectivity index (χ2v) is 7.49. The Balaban J connectivity index is 1.72. The molecule has 0 aromatic carbocycles. The molecule has 1 saturated heterocycles. The molecule has 3 heterocycles. The first-order valence-electron chi connectivity index (χ1n) is 8.93. The van der Waals surface area contributed by atoms with Gasteiger partial charge in [0.1, 0.15) is 17.7 Å². The summed E-state index contributed by atoms with van der Waals surface area (Å²) in [6, 6.07) is 1.58. The van der Waals surface area contributed by atoms with E-state index < -0.39 is 0 Å². The number of nitrogens with zero attached hydrogens (tertiary/aromatic N) is 5. The molecule has 0 saturated carbocycles. The van der Waals surface area contributed by atoms with Crippen LogP contribution in [0.1, 0.15) is 31.3 Å². The quantitative estimate of drug-likeness (QED) is 0.820. The summed E-state index contributed by atoms with van der Waals surface area (Å²) in [5.41, 5.74) is 0.904. The Morgan fingerprint density at radius 1 is 1.26 bits per heavy atom. The van der Waals surface area contributed by atoms with Crippen molar-refractivity contribution >= 4 is 23.4 Å². The Labute approximate surface area is 158 Å². The largest absolute Gasteiger partial charge is 0.378 e. The molecule has 0 spiro atoms. The lowest BCUT2D eigenvalue weighted by Gasteiger charge is -2.29. The van der Waals surface area contributed by atoms with E-state index in [0.29, 0.717) is 50.3 Å². The van der Waals surface area contributed by atoms with Gasteiger partial charge >= 0.3 is 0 Å². The van der Waals surface area contributed by atoms with E-state index in [-0.39, 0.29) is 17.0 Å². The lowest BCUT2D eigenvalue weighted by Crippen LogP contribution is -2.37. The van der Waals surface area contributed by atoms with Gasteiger partial charge in [-0.25, -0.2) is 19.9 Å². The Hall–Kier alpha value is -2.81. The van der Waals surface area contributed by atoms with E-state index in [1.807, 2.05) is 0 Å². The minimum absolute atomic E-state index is 0.0794. The first kappa shape index (κ1) is 19.0. The Bertz CT molecular complexity index is 785. The average Bonchev–Trinajstić information content (AvgIpc) is 2.67. The highest BCUT2D eigenvalue weighted by Crippen LogP contribution is 2.23. The molecule has 1 aliphatic heterocycles. The fraction of sp³-hybridized carbons (Fsp3) is 0.500. The van der Waals surface area contributed by atoms with Crippen LogP contribution in [0.5, 0.6) is 0 Å². The maximum Gasteiger partial charge on any atom is 0.274 e. The molecule has 0 radical (unpaired) electrons. The Morgan fingerprint density at radius 3 is 2.78 bits per heavy atom. The molecule has 0 aliphatic carbocycles. The number of carbonyl (C=O) groups excluding carboxylic acids is 1. The highest BCUT2D eigenvalue weighted by Gasteiger charge is 2.19. The molecule has 2 N–H and O–H groups in total. The molecule has 0 unspecified atom stereocenters. The van der Waals surface area contributed by atoms with Crippen LogP contribution in [-0.2, 0) is 4.74 Å². The number of hydrogen-bond donors (Lipinski definition) is 2. The monoisotopic (exact) mass is 371 g/mol. The number of hydrogen-bond acceptors (Lipinski definition) is 8. The van der Waals surface area contributed by atoms with Crippen LogP contribution in [0.2, 0.25) is 0 Å². The third-order valence-electron chi connectivity index (χ3n) is 3.92. The lowest BCUT2D eigenvalue weighted by molar-refractivity contribution is 0.102. The van der Waals surface area contributed by atoms with Crippen LogP contribution in [-0.4, -0.2) is 58.7 Å². The number of rotatable bonds is 5. The second-order valence-electron chi connectivity index (χ2n) is 7.49. The van der Waals surface area contributed by atoms with Gasteiger partial charge in [-0.1, -0.05) is 20.8 Å². The molecule has 0 bridgehead atoms. The minimum Gasteiger partial charge on any atom is -0.378 e. The van der Waals surface area contributed by atoms with E-state index in [1.165, 1.54) is 6.33 Å². The zero-order chi connectivity index (χ0) is 19.3. The number of nitrogens with one attached hydrogen (secondary N) is 2. The predicted octanol–water partition coefficient (Wildman–Crippen LogP) is 1.81. The molecule has 3 rings (SSSR count). The third kappa shape index (κ3) is 5.33. The van der Waals surface area contributed by atoms with Crippen LogP contribution < -0.4 is 15.5 Å². The summed E-state index contributed by atoms with van der Waals surface area (Å²) in [7, 11) is 0. The van der Waals surface area contributed by atoms with Gasteiger partial charge in [-0.2, -0.15) is 0 Å². The topological polar surface area (TPSA) is 105 Å². The van der Waals surface area contributed by atoms with Crippen molar-refractivity contribution in [2.75, 3.05) is 48.4 Å². The molecule has 27 heavy (non-hydrogen) atoms. The van der Waals surface area contributed by atoms with Gasteiger partial charge < -0.3 is 20.3 Å². The second kappa shape index (κ2) is 8.26. The van der Waals surface area contributed by atoms with Crippen LogP contribution in [0.4, 0.5) is 17.5 Å². The highest BCUT2D eigenvalue weighted by molar-refractivity contribution is 6.04. The molecule has 0 atom stereocenters. The fourth-order valence-electron chi connectivity index (χ4n) is 2.54. The van der Waals surface area contributed by atoms with Crippen molar-refractivity contribution in [1.29, 1.82) is 0 Å². The molecule has 144 valence electrons. The van der Waals surface area contributed by atoms with Gasteiger partial charge in [0.2, 0.25) is 5.95 Å². The summed E-state index contributed by atoms with van der Waals surface area (Å²) in [6.45, 7) is 9.73. The maximum atomic E-state index is 12.7. The number of amides is 1. The van der Waals surface area contributed by atoms with Crippen molar-refractivity contribution in [1.82, 2.24) is 19.9 Å². The van der Waals surface area contributed by atoms with Crippen LogP contribution in [0.25, 0.3) is 0 Å². The molecule has 2 aromatic heterocycles. The number of morpholine rings is 1. The summed E-state index contributed by atoms with van der Waals surface area (Å²) < 4.78 is 5.38. The van der Waals surface area contributed by atoms with Gasteiger partial charge in [-0.05, 0) is 11.5 Å². The van der Waals surface area contributed by atoms with E-state index in [4.69, 9.17) is 4.74 Å². The lowest BCUT2D eigenvalue weighted by atomic mass is 9.97.